The van der Waals surface area contributed by atoms with Crippen LogP contribution in [0.4, 0.5) is 34.1 Å². The summed E-state index contributed by atoms with van der Waals surface area (Å²) in [6.45, 7) is 1.88. The van der Waals surface area contributed by atoms with Crippen LogP contribution in [0.25, 0.3) is 0 Å². The van der Waals surface area contributed by atoms with Crippen LogP contribution in [0.3, 0.4) is 0 Å². The zero-order valence-corrected chi connectivity index (χ0v) is 16.8. The van der Waals surface area contributed by atoms with Crippen molar-refractivity contribution in [3.8, 4) is 0 Å². The second-order valence-electron chi connectivity index (χ2n) is 6.50. The van der Waals surface area contributed by atoms with Crippen LogP contribution in [0, 0.1) is 27.2 Å². The molecule has 0 radical (unpaired) electrons. The van der Waals surface area contributed by atoms with Crippen molar-refractivity contribution >= 4 is 44.2 Å². The highest BCUT2D eigenvalue weighted by Gasteiger charge is 2.20. The lowest BCUT2D eigenvalue weighted by Crippen LogP contribution is -2.05. The molecule has 0 saturated heterocycles. The van der Waals surface area contributed by atoms with Gasteiger partial charge < -0.3 is 15.2 Å². The maximum atomic E-state index is 11.8. The molecule has 0 saturated carbocycles. The Morgan fingerprint density at radius 3 is 1.94 bits per heavy atom. The number of rotatable bonds is 7. The van der Waals surface area contributed by atoms with Gasteiger partial charge >= 0.3 is 0 Å². The Labute approximate surface area is 176 Å². The van der Waals surface area contributed by atoms with Gasteiger partial charge in [-0.15, -0.1) is 0 Å². The van der Waals surface area contributed by atoms with Gasteiger partial charge in [0.2, 0.25) is 0 Å². The molecule has 160 valence electrons. The summed E-state index contributed by atoms with van der Waals surface area (Å²) in [5.74, 6) is 0. The first kappa shape index (κ1) is 21.7. The molecule has 12 heteroatoms. The molecule has 2 N–H and O–H groups in total. The number of hydrogen-bond donors (Lipinski definition) is 2. The summed E-state index contributed by atoms with van der Waals surface area (Å²) in [5.41, 5.74) is 0.488. The van der Waals surface area contributed by atoms with Gasteiger partial charge in [0, 0.05) is 17.4 Å². The van der Waals surface area contributed by atoms with Crippen molar-refractivity contribution in [3.05, 3.63) is 86.5 Å². The molecule has 0 heterocycles. The molecule has 3 rings (SSSR count). The predicted octanol–water partition coefficient (Wildman–Crippen LogP) is 4.20. The standard InChI is InChI=1S/C19H16N4O7S/c1-12-2-4-13(5-3-12)20-17-8-6-14(10-19(17)31(28,29)30)21-16-9-7-15(22(24)25)11-18(16)23(26)27/h2-11,20-21H,1H3,(H,28,29,30)/p-1. The first-order valence-corrected chi connectivity index (χ1v) is 10.1. The molecule has 0 bridgehead atoms. The van der Waals surface area contributed by atoms with E-state index < -0.39 is 36.2 Å². The molecule has 0 aliphatic heterocycles. The summed E-state index contributed by atoms with van der Waals surface area (Å²) in [6.07, 6.45) is 0. The highest BCUT2D eigenvalue weighted by atomic mass is 32.2. The van der Waals surface area contributed by atoms with Gasteiger partial charge in [-0.2, -0.15) is 0 Å². The fraction of sp³-hybridized carbons (Fsp3) is 0.0526. The summed E-state index contributed by atoms with van der Waals surface area (Å²) >= 11 is 0. The van der Waals surface area contributed by atoms with Crippen molar-refractivity contribution in [2.45, 2.75) is 11.8 Å². The number of nitrogens with one attached hydrogen (secondary N) is 2. The zero-order valence-electron chi connectivity index (χ0n) is 15.9. The maximum absolute atomic E-state index is 11.8. The van der Waals surface area contributed by atoms with Crippen LogP contribution in [0.2, 0.25) is 0 Å². The number of non-ortho nitro benzene ring substituents is 1. The number of nitro groups is 2. The largest absolute Gasteiger partial charge is 0.744 e. The van der Waals surface area contributed by atoms with E-state index in [1.807, 2.05) is 6.92 Å². The molecular weight excluding hydrogens is 428 g/mol. The van der Waals surface area contributed by atoms with Crippen molar-refractivity contribution in [1.29, 1.82) is 0 Å². The first-order valence-electron chi connectivity index (χ1n) is 8.68. The predicted molar refractivity (Wildman–Crippen MR) is 112 cm³/mol. The van der Waals surface area contributed by atoms with Crippen LogP contribution in [0.1, 0.15) is 5.56 Å². The van der Waals surface area contributed by atoms with Crippen molar-refractivity contribution < 1.29 is 22.8 Å². The first-order chi connectivity index (χ1) is 14.5. The molecular formula is C19H15N4O7S-. The zero-order chi connectivity index (χ0) is 22.8. The van der Waals surface area contributed by atoms with E-state index in [1.165, 1.54) is 12.1 Å². The van der Waals surface area contributed by atoms with Crippen LogP contribution >= 0.6 is 0 Å². The van der Waals surface area contributed by atoms with Gasteiger partial charge in [-0.3, -0.25) is 20.2 Å². The monoisotopic (exact) mass is 443 g/mol. The Bertz CT molecular complexity index is 1270. The average molecular weight is 443 g/mol. The van der Waals surface area contributed by atoms with Gasteiger partial charge in [0.05, 0.1) is 26.5 Å². The molecule has 31 heavy (non-hydrogen) atoms. The highest BCUT2D eigenvalue weighted by Crippen LogP contribution is 2.34. The van der Waals surface area contributed by atoms with Gasteiger partial charge in [-0.1, -0.05) is 17.7 Å². The topological polar surface area (TPSA) is 168 Å². The van der Waals surface area contributed by atoms with E-state index in [9.17, 15) is 33.2 Å². The van der Waals surface area contributed by atoms with Crippen LogP contribution in [0.15, 0.2) is 65.6 Å². The number of hydrogen-bond acceptors (Lipinski definition) is 9. The van der Waals surface area contributed by atoms with Crippen molar-refractivity contribution in [2.75, 3.05) is 10.6 Å². The lowest BCUT2D eigenvalue weighted by atomic mass is 10.2. The van der Waals surface area contributed by atoms with E-state index in [2.05, 4.69) is 10.6 Å². The van der Waals surface area contributed by atoms with E-state index in [-0.39, 0.29) is 17.1 Å². The van der Waals surface area contributed by atoms with Crippen molar-refractivity contribution in [2.24, 2.45) is 0 Å². The Morgan fingerprint density at radius 1 is 0.774 bits per heavy atom. The molecule has 0 unspecified atom stereocenters. The van der Waals surface area contributed by atoms with Gasteiger partial charge in [0.15, 0.2) is 0 Å². The Balaban J connectivity index is 1.99. The van der Waals surface area contributed by atoms with Gasteiger partial charge in [0.1, 0.15) is 15.8 Å². The lowest BCUT2D eigenvalue weighted by Gasteiger charge is -2.17. The molecule has 0 aromatic heterocycles. The molecule has 0 fully saturated rings. The van der Waals surface area contributed by atoms with E-state index in [4.69, 9.17) is 0 Å². The second kappa shape index (κ2) is 8.38. The number of nitrogens with zero attached hydrogens (tertiary/aromatic N) is 2. The average Bonchev–Trinajstić information content (AvgIpc) is 2.70. The summed E-state index contributed by atoms with van der Waals surface area (Å²) in [6, 6.07) is 13.8. The molecule has 0 spiro atoms. The molecule has 0 atom stereocenters. The highest BCUT2D eigenvalue weighted by molar-refractivity contribution is 7.86. The number of nitro benzene ring substituents is 2. The minimum atomic E-state index is -4.90. The maximum Gasteiger partial charge on any atom is 0.299 e. The summed E-state index contributed by atoms with van der Waals surface area (Å²) in [4.78, 5) is 20.0. The smallest absolute Gasteiger partial charge is 0.299 e. The number of benzene rings is 3. The van der Waals surface area contributed by atoms with Crippen molar-refractivity contribution in [1.82, 2.24) is 0 Å². The molecule has 11 nitrogen and oxygen atoms in total. The summed E-state index contributed by atoms with van der Waals surface area (Å²) in [5, 5.41) is 27.6. The summed E-state index contributed by atoms with van der Waals surface area (Å²) in [7, 11) is -4.90. The minimum Gasteiger partial charge on any atom is -0.744 e. The van der Waals surface area contributed by atoms with Gasteiger partial charge in [-0.25, -0.2) is 8.42 Å². The minimum absolute atomic E-state index is 0.0302. The Morgan fingerprint density at radius 2 is 1.35 bits per heavy atom. The van der Waals surface area contributed by atoms with Crippen LogP contribution in [0.5, 0.6) is 0 Å². The molecule has 0 aliphatic rings. The second-order valence-corrected chi connectivity index (χ2v) is 7.84. The Hall–Kier alpha value is -4.03. The van der Waals surface area contributed by atoms with E-state index >= 15 is 0 Å². The summed E-state index contributed by atoms with van der Waals surface area (Å²) < 4.78 is 35.4. The molecule has 3 aromatic rings. The van der Waals surface area contributed by atoms with E-state index in [0.29, 0.717) is 5.69 Å². The SMILES string of the molecule is Cc1ccc(Nc2ccc(Nc3ccc([N+](=O)[O-])cc3[N+](=O)[O-])cc2S(=O)(=O)[O-])cc1. The van der Waals surface area contributed by atoms with E-state index in [1.54, 1.807) is 24.3 Å². The number of aryl methyl sites for hydroxylation is 1. The van der Waals surface area contributed by atoms with Gasteiger partial charge in [0.25, 0.3) is 11.4 Å². The van der Waals surface area contributed by atoms with Crippen molar-refractivity contribution in [3.63, 3.8) is 0 Å². The van der Waals surface area contributed by atoms with Crippen LogP contribution in [-0.2, 0) is 10.1 Å². The molecule has 0 aliphatic carbocycles. The van der Waals surface area contributed by atoms with Gasteiger partial charge in [-0.05, 0) is 43.3 Å². The van der Waals surface area contributed by atoms with Crippen LogP contribution in [-0.4, -0.2) is 22.8 Å². The third kappa shape index (κ3) is 5.12. The lowest BCUT2D eigenvalue weighted by molar-refractivity contribution is -0.393. The van der Waals surface area contributed by atoms with Crippen LogP contribution < -0.4 is 10.6 Å². The third-order valence-corrected chi connectivity index (χ3v) is 5.13. The number of anilines is 4. The quantitative estimate of drug-likeness (QED) is 0.309. The third-order valence-electron chi connectivity index (χ3n) is 4.25. The fourth-order valence-electron chi connectivity index (χ4n) is 2.75. The van der Waals surface area contributed by atoms with E-state index in [0.717, 1.165) is 29.8 Å². The molecule has 0 amide bonds. The Kier molecular flexibility index (Phi) is 5.86. The molecule has 3 aromatic carbocycles. The normalized spacial score (nSPS) is 11.0. The fourth-order valence-corrected chi connectivity index (χ4v) is 3.41.